The maximum absolute atomic E-state index is 12.8. The Morgan fingerprint density at radius 2 is 1.86 bits per heavy atom. The average Bonchev–Trinajstić information content (AvgIpc) is 2.52. The third kappa shape index (κ3) is 4.08. The van der Waals surface area contributed by atoms with Gasteiger partial charge in [-0.25, -0.2) is 4.39 Å². The lowest BCUT2D eigenvalue weighted by Crippen LogP contribution is -2.14. The molecule has 2 N–H and O–H groups in total. The van der Waals surface area contributed by atoms with Crippen LogP contribution in [0.1, 0.15) is 0 Å². The molecule has 0 fully saturated rings. The minimum atomic E-state index is -0.592. The van der Waals surface area contributed by atoms with E-state index in [1.807, 2.05) is 0 Å². The Hall–Kier alpha value is -2.84. The maximum Gasteiger partial charge on any atom is 0.267 e. The second-order valence-corrected chi connectivity index (χ2v) is 4.66. The van der Waals surface area contributed by atoms with Crippen molar-refractivity contribution in [2.24, 2.45) is 0 Å². The lowest BCUT2D eigenvalue weighted by Gasteiger charge is -2.06. The molecule has 1 amide bonds. The Kier molecular flexibility index (Phi) is 5.12. The highest BCUT2D eigenvalue weighted by atomic mass is 35.5. The SMILES string of the molecule is N#C/C(=C/Nc1ccc(F)cc1)C(=O)Nc1ccccc1Cl. The minimum absolute atomic E-state index is 0.135. The van der Waals surface area contributed by atoms with Crippen molar-refractivity contribution in [1.82, 2.24) is 0 Å². The van der Waals surface area contributed by atoms with Gasteiger partial charge in [0.1, 0.15) is 17.5 Å². The van der Waals surface area contributed by atoms with Gasteiger partial charge >= 0.3 is 0 Å². The van der Waals surface area contributed by atoms with E-state index in [4.69, 9.17) is 16.9 Å². The van der Waals surface area contributed by atoms with E-state index in [1.54, 1.807) is 30.3 Å². The summed E-state index contributed by atoms with van der Waals surface area (Å²) in [5, 5.41) is 14.7. The third-order valence-electron chi connectivity index (χ3n) is 2.71. The van der Waals surface area contributed by atoms with E-state index in [2.05, 4.69) is 10.6 Å². The van der Waals surface area contributed by atoms with Crippen LogP contribution in [0.15, 0.2) is 60.3 Å². The number of amides is 1. The molecule has 0 aromatic heterocycles. The van der Waals surface area contributed by atoms with E-state index in [9.17, 15) is 9.18 Å². The number of benzene rings is 2. The van der Waals surface area contributed by atoms with Gasteiger partial charge in [-0.3, -0.25) is 4.79 Å². The molecular formula is C16H11ClFN3O. The highest BCUT2D eigenvalue weighted by Crippen LogP contribution is 2.21. The number of hydrogen-bond donors (Lipinski definition) is 2. The maximum atomic E-state index is 12.8. The number of nitrogens with one attached hydrogen (secondary N) is 2. The first-order valence-corrected chi connectivity index (χ1v) is 6.66. The van der Waals surface area contributed by atoms with Gasteiger partial charge in [-0.15, -0.1) is 0 Å². The Labute approximate surface area is 131 Å². The lowest BCUT2D eigenvalue weighted by atomic mass is 10.2. The van der Waals surface area contributed by atoms with Crippen molar-refractivity contribution in [3.63, 3.8) is 0 Å². The van der Waals surface area contributed by atoms with Crippen molar-refractivity contribution >= 4 is 28.9 Å². The first kappa shape index (κ1) is 15.5. The van der Waals surface area contributed by atoms with Gasteiger partial charge in [0.2, 0.25) is 0 Å². The van der Waals surface area contributed by atoms with Crippen LogP contribution < -0.4 is 10.6 Å². The zero-order chi connectivity index (χ0) is 15.9. The summed E-state index contributed by atoms with van der Waals surface area (Å²) in [6.45, 7) is 0. The molecule has 0 radical (unpaired) electrons. The number of carbonyl (C=O) groups is 1. The zero-order valence-corrected chi connectivity index (χ0v) is 12.1. The van der Waals surface area contributed by atoms with Crippen molar-refractivity contribution in [2.45, 2.75) is 0 Å². The molecule has 0 bridgehead atoms. The Bertz CT molecular complexity index is 751. The van der Waals surface area contributed by atoms with Crippen LogP contribution in [-0.2, 0) is 4.79 Å². The molecule has 110 valence electrons. The summed E-state index contributed by atoms with van der Waals surface area (Å²) in [6, 6.07) is 14.0. The molecular weight excluding hydrogens is 305 g/mol. The fourth-order valence-corrected chi connectivity index (χ4v) is 1.79. The summed E-state index contributed by atoms with van der Waals surface area (Å²) in [5.74, 6) is -0.961. The van der Waals surface area contributed by atoms with E-state index in [1.165, 1.54) is 30.5 Å². The molecule has 0 aliphatic carbocycles. The summed E-state index contributed by atoms with van der Waals surface area (Å²) in [5.41, 5.74) is 0.834. The van der Waals surface area contributed by atoms with Gasteiger partial charge in [-0.1, -0.05) is 23.7 Å². The first-order valence-electron chi connectivity index (χ1n) is 6.28. The fraction of sp³-hybridized carbons (Fsp3) is 0. The number of rotatable bonds is 4. The van der Waals surface area contributed by atoms with Gasteiger partial charge in [0, 0.05) is 11.9 Å². The molecule has 2 aromatic carbocycles. The lowest BCUT2D eigenvalue weighted by molar-refractivity contribution is -0.112. The quantitative estimate of drug-likeness (QED) is 0.663. The molecule has 0 saturated heterocycles. The number of nitriles is 1. The molecule has 2 aromatic rings. The minimum Gasteiger partial charge on any atom is -0.360 e. The van der Waals surface area contributed by atoms with Gasteiger partial charge in [0.05, 0.1) is 10.7 Å². The average molecular weight is 316 g/mol. The van der Waals surface area contributed by atoms with Gasteiger partial charge in [-0.05, 0) is 36.4 Å². The molecule has 2 rings (SSSR count). The summed E-state index contributed by atoms with van der Waals surface area (Å²) in [6.07, 6.45) is 1.25. The van der Waals surface area contributed by atoms with Gasteiger partial charge in [0.15, 0.2) is 0 Å². The molecule has 0 spiro atoms. The predicted octanol–water partition coefficient (Wildman–Crippen LogP) is 3.94. The van der Waals surface area contributed by atoms with Crippen LogP contribution in [0.2, 0.25) is 5.02 Å². The van der Waals surface area contributed by atoms with E-state index in [-0.39, 0.29) is 11.4 Å². The molecule has 0 aliphatic rings. The molecule has 0 aliphatic heterocycles. The van der Waals surface area contributed by atoms with Gasteiger partial charge in [0.25, 0.3) is 5.91 Å². The number of anilines is 2. The van der Waals surface area contributed by atoms with Crippen LogP contribution in [0.25, 0.3) is 0 Å². The van der Waals surface area contributed by atoms with E-state index >= 15 is 0 Å². The third-order valence-corrected chi connectivity index (χ3v) is 3.04. The predicted molar refractivity (Wildman–Crippen MR) is 83.8 cm³/mol. The topological polar surface area (TPSA) is 64.9 Å². The van der Waals surface area contributed by atoms with Crippen LogP contribution in [0.5, 0.6) is 0 Å². The van der Waals surface area contributed by atoms with E-state index in [0.717, 1.165) is 0 Å². The van der Waals surface area contributed by atoms with Crippen molar-refractivity contribution in [1.29, 1.82) is 5.26 Å². The molecule has 0 saturated carbocycles. The summed E-state index contributed by atoms with van der Waals surface area (Å²) < 4.78 is 12.8. The number of nitrogens with zero attached hydrogens (tertiary/aromatic N) is 1. The van der Waals surface area contributed by atoms with Gasteiger partial charge in [-0.2, -0.15) is 5.26 Å². The highest BCUT2D eigenvalue weighted by molar-refractivity contribution is 6.33. The van der Waals surface area contributed by atoms with Crippen LogP contribution in [0, 0.1) is 17.1 Å². The van der Waals surface area contributed by atoms with Crippen molar-refractivity contribution in [2.75, 3.05) is 10.6 Å². The second-order valence-electron chi connectivity index (χ2n) is 4.26. The Balaban J connectivity index is 2.09. The smallest absolute Gasteiger partial charge is 0.267 e. The largest absolute Gasteiger partial charge is 0.360 e. The van der Waals surface area contributed by atoms with Crippen LogP contribution in [0.4, 0.5) is 15.8 Å². The fourth-order valence-electron chi connectivity index (χ4n) is 1.60. The number of hydrogen-bond acceptors (Lipinski definition) is 3. The zero-order valence-electron chi connectivity index (χ0n) is 11.3. The molecule has 0 atom stereocenters. The first-order chi connectivity index (χ1) is 10.6. The molecule has 0 heterocycles. The van der Waals surface area contributed by atoms with Crippen molar-refractivity contribution in [3.8, 4) is 6.07 Å². The number of halogens is 2. The Morgan fingerprint density at radius 1 is 1.18 bits per heavy atom. The summed E-state index contributed by atoms with van der Waals surface area (Å²) in [7, 11) is 0. The second kappa shape index (κ2) is 7.25. The summed E-state index contributed by atoms with van der Waals surface area (Å²) >= 11 is 5.94. The van der Waals surface area contributed by atoms with Crippen LogP contribution in [-0.4, -0.2) is 5.91 Å². The number of carbonyl (C=O) groups excluding carboxylic acids is 1. The molecule has 22 heavy (non-hydrogen) atoms. The monoisotopic (exact) mass is 315 g/mol. The summed E-state index contributed by atoms with van der Waals surface area (Å²) in [4.78, 5) is 12.0. The molecule has 6 heteroatoms. The van der Waals surface area contributed by atoms with E-state index in [0.29, 0.717) is 16.4 Å². The normalized spacial score (nSPS) is 10.7. The van der Waals surface area contributed by atoms with E-state index < -0.39 is 5.91 Å². The van der Waals surface area contributed by atoms with Gasteiger partial charge < -0.3 is 10.6 Å². The Morgan fingerprint density at radius 3 is 2.50 bits per heavy atom. The van der Waals surface area contributed by atoms with Crippen LogP contribution >= 0.6 is 11.6 Å². The molecule has 4 nitrogen and oxygen atoms in total. The standard InChI is InChI=1S/C16H11ClFN3O/c17-14-3-1-2-4-15(14)21-16(22)11(9-19)10-20-13-7-5-12(18)6-8-13/h1-8,10,20H,(H,21,22)/b11-10-. The van der Waals surface area contributed by atoms with Crippen molar-refractivity contribution in [3.05, 3.63) is 71.1 Å². The highest BCUT2D eigenvalue weighted by Gasteiger charge is 2.10. The van der Waals surface area contributed by atoms with Crippen molar-refractivity contribution < 1.29 is 9.18 Å². The molecule has 0 unspecified atom stereocenters. The number of para-hydroxylation sites is 1. The van der Waals surface area contributed by atoms with Crippen LogP contribution in [0.3, 0.4) is 0 Å².